The lowest BCUT2D eigenvalue weighted by Crippen LogP contribution is -2.24. The molecule has 0 bridgehead atoms. The van der Waals surface area contributed by atoms with Crippen molar-refractivity contribution >= 4 is 11.9 Å². The zero-order valence-corrected chi connectivity index (χ0v) is 10.00. The van der Waals surface area contributed by atoms with Crippen molar-refractivity contribution in [2.24, 2.45) is 0 Å². The number of halogens is 1. The van der Waals surface area contributed by atoms with Gasteiger partial charge in [0.25, 0.3) is 0 Å². The van der Waals surface area contributed by atoms with E-state index in [4.69, 9.17) is 5.11 Å². The maximum Gasteiger partial charge on any atom is 0.335 e. The first kappa shape index (κ1) is 14.1. The number of amides is 1. The first-order chi connectivity index (χ1) is 8.54. The van der Waals surface area contributed by atoms with Gasteiger partial charge in [-0.25, -0.2) is 9.18 Å². The van der Waals surface area contributed by atoms with Crippen LogP contribution in [0.4, 0.5) is 4.39 Å². The predicted octanol–water partition coefficient (Wildman–Crippen LogP) is 0.750. The first-order valence-corrected chi connectivity index (χ1v) is 5.47. The number of carbonyl (C=O) groups is 2. The molecule has 6 heteroatoms. The second kappa shape index (κ2) is 6.70. The molecule has 18 heavy (non-hydrogen) atoms. The SMILES string of the molecule is CNC(=O)CCNCc1cc(C(=O)O)ccc1F. The molecule has 1 aromatic rings. The van der Waals surface area contributed by atoms with Crippen LogP contribution in [0.5, 0.6) is 0 Å². The molecule has 1 amide bonds. The van der Waals surface area contributed by atoms with Crippen molar-refractivity contribution in [1.82, 2.24) is 10.6 Å². The minimum atomic E-state index is -1.10. The summed E-state index contributed by atoms with van der Waals surface area (Å²) in [5.74, 6) is -1.67. The predicted molar refractivity (Wildman–Crippen MR) is 63.7 cm³/mol. The Bertz CT molecular complexity index is 449. The lowest BCUT2D eigenvalue weighted by atomic mass is 10.1. The van der Waals surface area contributed by atoms with Crippen molar-refractivity contribution < 1.29 is 19.1 Å². The fourth-order valence-electron chi connectivity index (χ4n) is 1.39. The molecule has 0 aliphatic heterocycles. The third-order valence-electron chi connectivity index (χ3n) is 2.42. The number of rotatable bonds is 6. The summed E-state index contributed by atoms with van der Waals surface area (Å²) in [6.45, 7) is 0.584. The summed E-state index contributed by atoms with van der Waals surface area (Å²) in [7, 11) is 1.54. The van der Waals surface area contributed by atoms with Gasteiger partial charge in [0.15, 0.2) is 0 Å². The molecule has 1 rings (SSSR count). The molecule has 1 aromatic carbocycles. The highest BCUT2D eigenvalue weighted by Gasteiger charge is 2.08. The van der Waals surface area contributed by atoms with E-state index in [1.807, 2.05) is 0 Å². The van der Waals surface area contributed by atoms with Crippen molar-refractivity contribution in [2.45, 2.75) is 13.0 Å². The molecule has 0 aromatic heterocycles. The fourth-order valence-corrected chi connectivity index (χ4v) is 1.39. The zero-order chi connectivity index (χ0) is 13.5. The van der Waals surface area contributed by atoms with Gasteiger partial charge in [0.1, 0.15) is 5.82 Å². The molecule has 0 fully saturated rings. The van der Waals surface area contributed by atoms with Gasteiger partial charge in [-0.2, -0.15) is 0 Å². The van der Waals surface area contributed by atoms with Crippen molar-refractivity contribution in [3.63, 3.8) is 0 Å². The highest BCUT2D eigenvalue weighted by atomic mass is 19.1. The van der Waals surface area contributed by atoms with E-state index in [1.165, 1.54) is 12.1 Å². The van der Waals surface area contributed by atoms with Gasteiger partial charge in [-0.15, -0.1) is 0 Å². The lowest BCUT2D eigenvalue weighted by molar-refractivity contribution is -0.120. The minimum Gasteiger partial charge on any atom is -0.478 e. The van der Waals surface area contributed by atoms with Crippen LogP contribution in [0.3, 0.4) is 0 Å². The summed E-state index contributed by atoms with van der Waals surface area (Å²) >= 11 is 0. The van der Waals surface area contributed by atoms with Gasteiger partial charge in [0, 0.05) is 32.1 Å². The summed E-state index contributed by atoms with van der Waals surface area (Å²) in [5.41, 5.74) is 0.311. The standard InChI is InChI=1S/C12H15FN2O3/c1-14-11(16)4-5-15-7-9-6-8(12(17)18)2-3-10(9)13/h2-3,6,15H,4-5,7H2,1H3,(H,14,16)(H,17,18). The van der Waals surface area contributed by atoms with Crippen LogP contribution in [0.15, 0.2) is 18.2 Å². The van der Waals surface area contributed by atoms with Crippen LogP contribution in [-0.4, -0.2) is 30.6 Å². The molecular formula is C12H15FN2O3. The molecule has 0 saturated carbocycles. The summed E-state index contributed by atoms with van der Waals surface area (Å²) in [4.78, 5) is 21.7. The number of nitrogens with one attached hydrogen (secondary N) is 2. The number of hydrogen-bond donors (Lipinski definition) is 3. The lowest BCUT2D eigenvalue weighted by Gasteiger charge is -2.06. The average molecular weight is 254 g/mol. The Balaban J connectivity index is 2.53. The van der Waals surface area contributed by atoms with E-state index in [0.717, 1.165) is 6.07 Å². The van der Waals surface area contributed by atoms with Crippen LogP contribution >= 0.6 is 0 Å². The van der Waals surface area contributed by atoms with Gasteiger partial charge in [0.2, 0.25) is 5.91 Å². The molecule has 0 heterocycles. The van der Waals surface area contributed by atoms with Crippen LogP contribution < -0.4 is 10.6 Å². The van der Waals surface area contributed by atoms with Crippen molar-refractivity contribution in [3.8, 4) is 0 Å². The second-order valence-electron chi connectivity index (χ2n) is 3.71. The quantitative estimate of drug-likeness (QED) is 0.655. The molecule has 5 nitrogen and oxygen atoms in total. The maximum atomic E-state index is 13.4. The van der Waals surface area contributed by atoms with Crippen molar-refractivity contribution in [3.05, 3.63) is 35.1 Å². The van der Waals surface area contributed by atoms with Crippen LogP contribution in [0.2, 0.25) is 0 Å². The first-order valence-electron chi connectivity index (χ1n) is 5.47. The monoisotopic (exact) mass is 254 g/mol. The molecule has 0 spiro atoms. The smallest absolute Gasteiger partial charge is 0.335 e. The van der Waals surface area contributed by atoms with Crippen LogP contribution in [-0.2, 0) is 11.3 Å². The number of hydrogen-bond acceptors (Lipinski definition) is 3. The number of benzene rings is 1. The molecule has 0 saturated heterocycles. The van der Waals surface area contributed by atoms with E-state index >= 15 is 0 Å². The molecule has 0 aliphatic carbocycles. The molecule has 98 valence electrons. The maximum absolute atomic E-state index is 13.4. The number of carboxylic acids is 1. The van der Waals surface area contributed by atoms with E-state index in [9.17, 15) is 14.0 Å². The molecule has 0 atom stereocenters. The van der Waals surface area contributed by atoms with Crippen LogP contribution in [0.25, 0.3) is 0 Å². The van der Waals surface area contributed by atoms with Gasteiger partial charge in [-0.3, -0.25) is 4.79 Å². The van der Waals surface area contributed by atoms with Crippen LogP contribution in [0, 0.1) is 5.82 Å². The van der Waals surface area contributed by atoms with E-state index in [2.05, 4.69) is 10.6 Å². The number of carbonyl (C=O) groups excluding carboxylic acids is 1. The minimum absolute atomic E-state index is 0.0412. The topological polar surface area (TPSA) is 78.4 Å². The Morgan fingerprint density at radius 1 is 1.39 bits per heavy atom. The molecule has 3 N–H and O–H groups in total. The third kappa shape index (κ3) is 4.14. The van der Waals surface area contributed by atoms with E-state index in [0.29, 0.717) is 6.54 Å². The largest absolute Gasteiger partial charge is 0.478 e. The third-order valence-corrected chi connectivity index (χ3v) is 2.42. The number of aromatic carboxylic acids is 1. The Labute approximate surface area is 104 Å². The molecule has 0 unspecified atom stereocenters. The van der Waals surface area contributed by atoms with E-state index < -0.39 is 11.8 Å². The fraction of sp³-hybridized carbons (Fsp3) is 0.333. The normalized spacial score (nSPS) is 10.1. The van der Waals surface area contributed by atoms with Crippen molar-refractivity contribution in [1.29, 1.82) is 0 Å². The summed E-state index contributed by atoms with van der Waals surface area (Å²) < 4.78 is 13.4. The van der Waals surface area contributed by atoms with Gasteiger partial charge in [-0.05, 0) is 18.2 Å². The highest BCUT2D eigenvalue weighted by Crippen LogP contribution is 2.10. The molecule has 0 aliphatic rings. The zero-order valence-electron chi connectivity index (χ0n) is 10.00. The highest BCUT2D eigenvalue weighted by molar-refractivity contribution is 5.87. The van der Waals surface area contributed by atoms with E-state index in [1.54, 1.807) is 7.05 Å². The summed E-state index contributed by atoms with van der Waals surface area (Å²) in [5, 5.41) is 14.1. The molecular weight excluding hydrogens is 239 g/mol. The number of carboxylic acid groups (broad SMARTS) is 1. The Morgan fingerprint density at radius 3 is 2.72 bits per heavy atom. The van der Waals surface area contributed by atoms with Crippen molar-refractivity contribution in [2.75, 3.05) is 13.6 Å². The van der Waals surface area contributed by atoms with Gasteiger partial charge in [0.05, 0.1) is 5.56 Å². The Hall–Kier alpha value is -1.95. The Morgan fingerprint density at radius 2 is 2.11 bits per heavy atom. The van der Waals surface area contributed by atoms with Crippen LogP contribution in [0.1, 0.15) is 22.3 Å². The summed E-state index contributed by atoms with van der Waals surface area (Å²) in [6.07, 6.45) is 0.288. The van der Waals surface area contributed by atoms with Gasteiger partial charge in [-0.1, -0.05) is 0 Å². The van der Waals surface area contributed by atoms with Gasteiger partial charge >= 0.3 is 5.97 Å². The average Bonchev–Trinajstić information content (AvgIpc) is 2.35. The van der Waals surface area contributed by atoms with Gasteiger partial charge < -0.3 is 15.7 Å². The second-order valence-corrected chi connectivity index (χ2v) is 3.71. The molecule has 0 radical (unpaired) electrons. The summed E-state index contributed by atoms with van der Waals surface area (Å²) in [6, 6.07) is 3.62. The van der Waals surface area contributed by atoms with E-state index in [-0.39, 0.29) is 30.0 Å². The Kier molecular flexibility index (Phi) is 5.26.